The van der Waals surface area contributed by atoms with Gasteiger partial charge in [0.2, 0.25) is 0 Å². The molecule has 0 spiro atoms. The van der Waals surface area contributed by atoms with Crippen LogP contribution in [0, 0.1) is 5.92 Å². The van der Waals surface area contributed by atoms with Crippen LogP contribution in [0.5, 0.6) is 5.75 Å². The maximum Gasteiger partial charge on any atom is 0.123 e. The van der Waals surface area contributed by atoms with Gasteiger partial charge in [-0.1, -0.05) is 18.2 Å². The number of ether oxygens (including phenoxy) is 1. The molecule has 0 bridgehead atoms. The van der Waals surface area contributed by atoms with Gasteiger partial charge in [0.1, 0.15) is 5.75 Å². The van der Waals surface area contributed by atoms with Crippen LogP contribution in [0.1, 0.15) is 30.9 Å². The quantitative estimate of drug-likeness (QED) is 0.833. The van der Waals surface area contributed by atoms with Gasteiger partial charge in [-0.2, -0.15) is 0 Å². The number of rotatable bonds is 6. The molecule has 4 heteroatoms. The van der Waals surface area contributed by atoms with E-state index in [0.717, 1.165) is 25.3 Å². The predicted octanol–water partition coefficient (Wildman–Crippen LogP) is 1.79. The highest BCUT2D eigenvalue weighted by Gasteiger charge is 2.27. The van der Waals surface area contributed by atoms with Gasteiger partial charge in [-0.05, 0) is 37.8 Å². The highest BCUT2D eigenvalue weighted by molar-refractivity contribution is 5.36. The summed E-state index contributed by atoms with van der Waals surface area (Å²) in [5, 5.41) is 9.14. The van der Waals surface area contributed by atoms with Crippen molar-refractivity contribution in [2.75, 3.05) is 33.4 Å². The first kappa shape index (κ1) is 15.3. The summed E-state index contributed by atoms with van der Waals surface area (Å²) in [6.45, 7) is 2.95. The van der Waals surface area contributed by atoms with E-state index in [2.05, 4.69) is 11.0 Å². The number of nitrogens with zero attached hydrogens (tertiary/aromatic N) is 1. The van der Waals surface area contributed by atoms with Crippen molar-refractivity contribution < 1.29 is 9.84 Å². The Morgan fingerprint density at radius 3 is 2.95 bits per heavy atom. The van der Waals surface area contributed by atoms with Gasteiger partial charge >= 0.3 is 0 Å². The van der Waals surface area contributed by atoms with Gasteiger partial charge in [-0.25, -0.2) is 0 Å². The third kappa shape index (κ3) is 3.51. The van der Waals surface area contributed by atoms with Crippen molar-refractivity contribution in [2.45, 2.75) is 25.3 Å². The van der Waals surface area contributed by atoms with Gasteiger partial charge in [0.15, 0.2) is 0 Å². The molecular weight excluding hydrogens is 252 g/mol. The number of hydrogen-bond acceptors (Lipinski definition) is 4. The number of para-hydroxylation sites is 1. The van der Waals surface area contributed by atoms with E-state index in [1.54, 1.807) is 7.11 Å². The SMILES string of the molecule is COc1ccccc1C(CN)N1CCCC(CCO)C1. The van der Waals surface area contributed by atoms with Crippen molar-refractivity contribution in [3.63, 3.8) is 0 Å². The molecule has 112 valence electrons. The fourth-order valence-corrected chi connectivity index (χ4v) is 3.21. The Kier molecular flexibility index (Phi) is 5.83. The molecule has 1 aromatic carbocycles. The second-order valence-corrected chi connectivity index (χ2v) is 5.51. The Balaban J connectivity index is 2.14. The molecule has 1 aromatic rings. The summed E-state index contributed by atoms with van der Waals surface area (Å²) in [5.41, 5.74) is 7.20. The van der Waals surface area contributed by atoms with E-state index in [0.29, 0.717) is 12.5 Å². The molecule has 0 aromatic heterocycles. The number of piperidine rings is 1. The van der Waals surface area contributed by atoms with Crippen molar-refractivity contribution in [1.82, 2.24) is 4.90 Å². The molecule has 1 aliphatic heterocycles. The molecule has 1 fully saturated rings. The highest BCUT2D eigenvalue weighted by atomic mass is 16.5. The second-order valence-electron chi connectivity index (χ2n) is 5.51. The summed E-state index contributed by atoms with van der Waals surface area (Å²) in [5.74, 6) is 1.49. The van der Waals surface area contributed by atoms with Crippen molar-refractivity contribution >= 4 is 0 Å². The van der Waals surface area contributed by atoms with E-state index in [1.807, 2.05) is 18.2 Å². The third-order valence-corrected chi connectivity index (χ3v) is 4.25. The molecule has 20 heavy (non-hydrogen) atoms. The van der Waals surface area contributed by atoms with Gasteiger partial charge in [0, 0.05) is 25.3 Å². The zero-order chi connectivity index (χ0) is 14.4. The van der Waals surface area contributed by atoms with Gasteiger partial charge in [-0.15, -0.1) is 0 Å². The number of likely N-dealkylation sites (tertiary alicyclic amines) is 1. The molecule has 4 nitrogen and oxygen atoms in total. The molecule has 3 N–H and O–H groups in total. The molecule has 2 unspecified atom stereocenters. The van der Waals surface area contributed by atoms with Crippen molar-refractivity contribution in [3.05, 3.63) is 29.8 Å². The zero-order valence-electron chi connectivity index (χ0n) is 12.3. The molecular formula is C16H26N2O2. The van der Waals surface area contributed by atoms with E-state index < -0.39 is 0 Å². The standard InChI is InChI=1S/C16H26N2O2/c1-20-16-7-3-2-6-14(16)15(11-17)18-9-4-5-13(12-18)8-10-19/h2-3,6-7,13,15,19H,4-5,8-12,17H2,1H3. The van der Waals surface area contributed by atoms with Crippen molar-refractivity contribution in [2.24, 2.45) is 11.7 Å². The number of hydrogen-bond donors (Lipinski definition) is 2. The maximum absolute atomic E-state index is 9.14. The molecule has 2 atom stereocenters. The minimum atomic E-state index is 0.202. The van der Waals surface area contributed by atoms with Crippen LogP contribution in [0.4, 0.5) is 0 Å². The van der Waals surface area contributed by atoms with Gasteiger partial charge in [-0.3, -0.25) is 4.90 Å². The zero-order valence-corrected chi connectivity index (χ0v) is 12.3. The largest absolute Gasteiger partial charge is 0.496 e. The van der Waals surface area contributed by atoms with Crippen LogP contribution in [0.3, 0.4) is 0 Å². The Labute approximate surface area is 121 Å². The lowest BCUT2D eigenvalue weighted by Crippen LogP contribution is -2.41. The van der Waals surface area contributed by atoms with Gasteiger partial charge in [0.05, 0.1) is 13.2 Å². The Hall–Kier alpha value is -1.10. The normalized spacial score (nSPS) is 21.6. The first-order chi connectivity index (χ1) is 9.80. The predicted molar refractivity (Wildman–Crippen MR) is 80.8 cm³/mol. The van der Waals surface area contributed by atoms with Crippen molar-refractivity contribution in [3.8, 4) is 5.75 Å². The van der Waals surface area contributed by atoms with Crippen LogP contribution in [0.15, 0.2) is 24.3 Å². The lowest BCUT2D eigenvalue weighted by atomic mass is 9.92. The summed E-state index contributed by atoms with van der Waals surface area (Å²) in [7, 11) is 1.71. The summed E-state index contributed by atoms with van der Waals surface area (Å²) >= 11 is 0. The number of benzene rings is 1. The summed E-state index contributed by atoms with van der Waals surface area (Å²) < 4.78 is 5.47. The van der Waals surface area contributed by atoms with Crippen LogP contribution >= 0.6 is 0 Å². The second kappa shape index (κ2) is 7.62. The lowest BCUT2D eigenvalue weighted by Gasteiger charge is -2.38. The Morgan fingerprint density at radius 2 is 2.25 bits per heavy atom. The van der Waals surface area contributed by atoms with Gasteiger partial charge < -0.3 is 15.6 Å². The van der Waals surface area contributed by atoms with Gasteiger partial charge in [0.25, 0.3) is 0 Å². The average Bonchev–Trinajstić information content (AvgIpc) is 2.49. The molecule has 0 amide bonds. The summed E-state index contributed by atoms with van der Waals surface area (Å²) in [6, 6.07) is 8.32. The van der Waals surface area contributed by atoms with E-state index in [9.17, 15) is 0 Å². The molecule has 0 radical (unpaired) electrons. The maximum atomic E-state index is 9.14. The minimum Gasteiger partial charge on any atom is -0.496 e. The molecule has 0 saturated carbocycles. The van der Waals surface area contributed by atoms with Crippen LogP contribution in [0.25, 0.3) is 0 Å². The number of nitrogens with two attached hydrogens (primary N) is 1. The molecule has 1 saturated heterocycles. The lowest BCUT2D eigenvalue weighted by molar-refractivity contribution is 0.109. The first-order valence-electron chi connectivity index (χ1n) is 7.48. The third-order valence-electron chi connectivity index (χ3n) is 4.25. The average molecular weight is 278 g/mol. The van der Waals surface area contributed by atoms with E-state index in [4.69, 9.17) is 15.6 Å². The first-order valence-corrected chi connectivity index (χ1v) is 7.48. The summed E-state index contributed by atoms with van der Waals surface area (Å²) in [6.07, 6.45) is 3.27. The molecule has 1 aliphatic rings. The highest BCUT2D eigenvalue weighted by Crippen LogP contribution is 2.32. The smallest absolute Gasteiger partial charge is 0.123 e. The summed E-state index contributed by atoms with van der Waals surface area (Å²) in [4.78, 5) is 2.45. The van der Waals surface area contributed by atoms with Crippen LogP contribution in [0.2, 0.25) is 0 Å². The topological polar surface area (TPSA) is 58.7 Å². The van der Waals surface area contributed by atoms with Crippen molar-refractivity contribution in [1.29, 1.82) is 0 Å². The minimum absolute atomic E-state index is 0.202. The number of aliphatic hydroxyl groups excluding tert-OH is 1. The van der Waals surface area contributed by atoms with E-state index in [-0.39, 0.29) is 12.6 Å². The van der Waals surface area contributed by atoms with E-state index in [1.165, 1.54) is 18.4 Å². The number of methoxy groups -OCH3 is 1. The Bertz CT molecular complexity index is 409. The molecule has 0 aliphatic carbocycles. The van der Waals surface area contributed by atoms with Crippen LogP contribution < -0.4 is 10.5 Å². The monoisotopic (exact) mass is 278 g/mol. The van der Waals surface area contributed by atoms with E-state index >= 15 is 0 Å². The van der Waals surface area contributed by atoms with Crippen LogP contribution in [-0.2, 0) is 0 Å². The molecule has 1 heterocycles. The fraction of sp³-hybridized carbons (Fsp3) is 0.625. The van der Waals surface area contributed by atoms with Crippen LogP contribution in [-0.4, -0.2) is 43.4 Å². The fourth-order valence-electron chi connectivity index (χ4n) is 3.21. The Morgan fingerprint density at radius 1 is 1.45 bits per heavy atom. The molecule has 2 rings (SSSR count). The number of aliphatic hydroxyl groups is 1.